The summed E-state index contributed by atoms with van der Waals surface area (Å²) in [5.41, 5.74) is 6.79. The van der Waals surface area contributed by atoms with Crippen molar-refractivity contribution in [2.45, 2.75) is 12.8 Å². The lowest BCUT2D eigenvalue weighted by atomic mass is 10.1. The van der Waals surface area contributed by atoms with E-state index in [-0.39, 0.29) is 0 Å². The highest BCUT2D eigenvalue weighted by Gasteiger charge is 2.14. The maximum atomic E-state index is 8.69. The summed E-state index contributed by atoms with van der Waals surface area (Å²) in [6, 6.07) is 3.64. The van der Waals surface area contributed by atoms with E-state index in [1.165, 1.54) is 6.20 Å². The number of rotatable bonds is 4. The normalized spacial score (nSPS) is 18.9. The minimum Gasteiger partial charge on any atom is -0.396 e. The van der Waals surface area contributed by atoms with Gasteiger partial charge in [-0.3, -0.25) is 0 Å². The van der Waals surface area contributed by atoms with Gasteiger partial charge in [0, 0.05) is 26.0 Å². The molecule has 0 bridgehead atoms. The molecule has 1 aromatic heterocycles. The van der Waals surface area contributed by atoms with Gasteiger partial charge in [-0.2, -0.15) is 5.26 Å². The maximum absolute atomic E-state index is 8.69. The van der Waals surface area contributed by atoms with Gasteiger partial charge < -0.3 is 15.8 Å². The van der Waals surface area contributed by atoms with Gasteiger partial charge in [-0.25, -0.2) is 4.98 Å². The van der Waals surface area contributed by atoms with E-state index in [9.17, 15) is 0 Å². The molecule has 1 fully saturated rings. The fraction of sp³-hybridized carbons (Fsp3) is 0.500. The number of nitrogen functional groups attached to an aromatic ring is 1. The molecule has 17 heavy (non-hydrogen) atoms. The first-order chi connectivity index (χ1) is 8.29. The van der Waals surface area contributed by atoms with Crippen molar-refractivity contribution >= 4 is 11.5 Å². The highest BCUT2D eigenvalue weighted by atomic mass is 16.5. The summed E-state index contributed by atoms with van der Waals surface area (Å²) in [7, 11) is 0. The van der Waals surface area contributed by atoms with Crippen LogP contribution < -0.4 is 11.1 Å². The Labute approximate surface area is 101 Å². The molecular formula is C12H16N4O. The number of anilines is 2. The summed E-state index contributed by atoms with van der Waals surface area (Å²) in [4.78, 5) is 4.12. The van der Waals surface area contributed by atoms with Crippen LogP contribution >= 0.6 is 0 Å². The monoisotopic (exact) mass is 232 g/mol. The van der Waals surface area contributed by atoms with Crippen LogP contribution in [0, 0.1) is 17.2 Å². The van der Waals surface area contributed by atoms with Gasteiger partial charge in [-0.15, -0.1) is 0 Å². The molecule has 90 valence electrons. The van der Waals surface area contributed by atoms with E-state index >= 15 is 0 Å². The molecule has 1 aromatic rings. The van der Waals surface area contributed by atoms with E-state index in [1.807, 2.05) is 6.07 Å². The summed E-state index contributed by atoms with van der Waals surface area (Å²) in [5.74, 6) is 1.30. The summed E-state index contributed by atoms with van der Waals surface area (Å²) >= 11 is 0. The second-order valence-corrected chi connectivity index (χ2v) is 4.22. The Morgan fingerprint density at radius 2 is 2.53 bits per heavy atom. The molecule has 5 heteroatoms. The first-order valence-electron chi connectivity index (χ1n) is 5.77. The Hall–Kier alpha value is -1.80. The number of nitriles is 1. The van der Waals surface area contributed by atoms with Crippen molar-refractivity contribution in [3.63, 3.8) is 0 Å². The van der Waals surface area contributed by atoms with E-state index in [2.05, 4.69) is 10.3 Å². The maximum Gasteiger partial charge on any atom is 0.149 e. The molecule has 1 atom stereocenters. The zero-order valence-electron chi connectivity index (χ0n) is 9.65. The molecule has 1 saturated heterocycles. The number of nitrogens with one attached hydrogen (secondary N) is 1. The van der Waals surface area contributed by atoms with E-state index in [1.54, 1.807) is 6.07 Å². The largest absolute Gasteiger partial charge is 0.396 e. The Morgan fingerprint density at radius 3 is 3.18 bits per heavy atom. The molecule has 0 spiro atoms. The molecule has 5 nitrogen and oxygen atoms in total. The number of aromatic nitrogens is 1. The molecule has 0 radical (unpaired) electrons. The Kier molecular flexibility index (Phi) is 3.78. The summed E-state index contributed by atoms with van der Waals surface area (Å²) in [6.45, 7) is 2.57. The van der Waals surface area contributed by atoms with Crippen LogP contribution in [0.2, 0.25) is 0 Å². The van der Waals surface area contributed by atoms with E-state index in [4.69, 9.17) is 15.7 Å². The van der Waals surface area contributed by atoms with Crippen molar-refractivity contribution < 1.29 is 4.74 Å². The van der Waals surface area contributed by atoms with E-state index in [0.717, 1.165) is 32.6 Å². The van der Waals surface area contributed by atoms with Crippen LogP contribution in [0.15, 0.2) is 12.3 Å². The number of hydrogen-bond acceptors (Lipinski definition) is 5. The van der Waals surface area contributed by atoms with Gasteiger partial charge >= 0.3 is 0 Å². The Balaban J connectivity index is 1.84. The van der Waals surface area contributed by atoms with Crippen LogP contribution in [-0.4, -0.2) is 24.7 Å². The average Bonchev–Trinajstić information content (AvgIpc) is 2.84. The molecular weight excluding hydrogens is 216 g/mol. The van der Waals surface area contributed by atoms with Crippen LogP contribution in [0.3, 0.4) is 0 Å². The average molecular weight is 232 g/mol. The van der Waals surface area contributed by atoms with Gasteiger partial charge in [0.25, 0.3) is 0 Å². The van der Waals surface area contributed by atoms with Crippen molar-refractivity contribution in [1.82, 2.24) is 4.98 Å². The fourth-order valence-electron chi connectivity index (χ4n) is 1.90. The molecule has 3 N–H and O–H groups in total. The van der Waals surface area contributed by atoms with Gasteiger partial charge in [0.2, 0.25) is 0 Å². The third-order valence-corrected chi connectivity index (χ3v) is 2.92. The third kappa shape index (κ3) is 3.08. The van der Waals surface area contributed by atoms with Crippen LogP contribution in [0.25, 0.3) is 0 Å². The van der Waals surface area contributed by atoms with Crippen LogP contribution in [0.4, 0.5) is 11.5 Å². The minimum atomic E-state index is 0.484. The molecule has 0 saturated carbocycles. The summed E-state index contributed by atoms with van der Waals surface area (Å²) in [6.07, 6.45) is 3.72. The van der Waals surface area contributed by atoms with Crippen molar-refractivity contribution in [3.8, 4) is 6.07 Å². The van der Waals surface area contributed by atoms with Crippen molar-refractivity contribution in [3.05, 3.63) is 17.8 Å². The summed E-state index contributed by atoms with van der Waals surface area (Å²) in [5, 5.41) is 11.9. The Morgan fingerprint density at radius 1 is 1.65 bits per heavy atom. The Bertz CT molecular complexity index is 421. The standard InChI is InChI=1S/C12H16N4O/c13-6-10-5-11(14)12(16-7-10)15-3-1-9-2-4-17-8-9/h5,7,9H,1-4,8,14H2,(H,15,16). The molecule has 1 unspecified atom stereocenters. The molecule has 0 aliphatic carbocycles. The number of pyridine rings is 1. The van der Waals surface area contributed by atoms with Gasteiger partial charge in [-0.1, -0.05) is 0 Å². The number of nitrogens with zero attached hydrogens (tertiary/aromatic N) is 2. The lowest BCUT2D eigenvalue weighted by Crippen LogP contribution is -2.11. The highest BCUT2D eigenvalue weighted by molar-refractivity contribution is 5.62. The molecule has 1 aliphatic rings. The predicted octanol–water partition coefficient (Wildman–Crippen LogP) is 1.37. The zero-order valence-corrected chi connectivity index (χ0v) is 9.65. The highest BCUT2D eigenvalue weighted by Crippen LogP contribution is 2.19. The SMILES string of the molecule is N#Cc1cnc(NCCC2CCOC2)c(N)c1. The van der Waals surface area contributed by atoms with Crippen LogP contribution in [0.1, 0.15) is 18.4 Å². The topological polar surface area (TPSA) is 84.0 Å². The van der Waals surface area contributed by atoms with Gasteiger partial charge in [0.05, 0.1) is 11.3 Å². The van der Waals surface area contributed by atoms with Crippen molar-refractivity contribution in [2.75, 3.05) is 30.8 Å². The second-order valence-electron chi connectivity index (χ2n) is 4.22. The lowest BCUT2D eigenvalue weighted by Gasteiger charge is -2.10. The zero-order chi connectivity index (χ0) is 12.1. The molecule has 1 aliphatic heterocycles. The number of hydrogen-bond donors (Lipinski definition) is 2. The predicted molar refractivity (Wildman–Crippen MR) is 65.4 cm³/mol. The van der Waals surface area contributed by atoms with E-state index < -0.39 is 0 Å². The fourth-order valence-corrected chi connectivity index (χ4v) is 1.90. The van der Waals surface area contributed by atoms with E-state index in [0.29, 0.717) is 23.0 Å². The summed E-state index contributed by atoms with van der Waals surface area (Å²) < 4.78 is 5.31. The van der Waals surface area contributed by atoms with Gasteiger partial charge in [0.15, 0.2) is 0 Å². The van der Waals surface area contributed by atoms with Gasteiger partial charge in [-0.05, 0) is 24.8 Å². The quantitative estimate of drug-likeness (QED) is 0.819. The van der Waals surface area contributed by atoms with Crippen molar-refractivity contribution in [2.24, 2.45) is 5.92 Å². The first-order valence-corrected chi connectivity index (χ1v) is 5.77. The molecule has 2 rings (SSSR count). The minimum absolute atomic E-state index is 0.484. The first kappa shape index (κ1) is 11.7. The lowest BCUT2D eigenvalue weighted by molar-refractivity contribution is 0.185. The molecule has 2 heterocycles. The van der Waals surface area contributed by atoms with Crippen molar-refractivity contribution in [1.29, 1.82) is 5.26 Å². The molecule has 0 aromatic carbocycles. The van der Waals surface area contributed by atoms with Crippen LogP contribution in [0.5, 0.6) is 0 Å². The second kappa shape index (κ2) is 5.51. The van der Waals surface area contributed by atoms with Gasteiger partial charge in [0.1, 0.15) is 11.9 Å². The number of nitrogens with two attached hydrogens (primary N) is 1. The van der Waals surface area contributed by atoms with Crippen LogP contribution in [-0.2, 0) is 4.74 Å². The third-order valence-electron chi connectivity index (χ3n) is 2.92. The molecule has 0 amide bonds. The number of ether oxygens (including phenoxy) is 1. The smallest absolute Gasteiger partial charge is 0.149 e.